The number of nitrogens with one attached hydrogen (secondary N) is 2. The van der Waals surface area contributed by atoms with Crippen LogP contribution in [0.2, 0.25) is 0 Å². The van der Waals surface area contributed by atoms with Crippen LogP contribution in [0.4, 0.5) is 35.3 Å². The van der Waals surface area contributed by atoms with Crippen molar-refractivity contribution in [2.24, 2.45) is 5.41 Å². The Balaban J connectivity index is 1.68. The maximum atomic E-state index is 13.6. The maximum Gasteiger partial charge on any atom is 0.418 e. The van der Waals surface area contributed by atoms with E-state index in [1.54, 1.807) is 12.1 Å². The molecule has 2 atom stereocenters. The van der Waals surface area contributed by atoms with Gasteiger partial charge in [0.05, 0.1) is 17.4 Å². The molecule has 1 fully saturated rings. The van der Waals surface area contributed by atoms with Crippen molar-refractivity contribution in [1.29, 1.82) is 0 Å². The van der Waals surface area contributed by atoms with Gasteiger partial charge in [-0.2, -0.15) is 13.2 Å². The minimum atomic E-state index is -4.71. The maximum absolute atomic E-state index is 13.6. The summed E-state index contributed by atoms with van der Waals surface area (Å²) in [4.78, 5) is 43.1. The molecule has 1 saturated heterocycles. The second-order valence-corrected chi connectivity index (χ2v) is 11.3. The van der Waals surface area contributed by atoms with Gasteiger partial charge in [0.1, 0.15) is 17.5 Å². The fourth-order valence-electron chi connectivity index (χ4n) is 5.28. The fraction of sp³-hybridized carbons (Fsp3) is 0.429. The van der Waals surface area contributed by atoms with Gasteiger partial charge in [0.2, 0.25) is 0 Å². The third-order valence-corrected chi connectivity index (χ3v) is 7.53. The van der Waals surface area contributed by atoms with Crippen LogP contribution >= 0.6 is 0 Å². The molecular formula is C28H32F3N8O3-. The van der Waals surface area contributed by atoms with Gasteiger partial charge in [-0.25, -0.2) is 15.0 Å². The molecule has 0 aromatic carbocycles. The van der Waals surface area contributed by atoms with Crippen LogP contribution in [0.3, 0.4) is 0 Å². The molecule has 1 aliphatic heterocycles. The zero-order valence-electron chi connectivity index (χ0n) is 23.6. The summed E-state index contributed by atoms with van der Waals surface area (Å²) in [5, 5.41) is 16.8. The monoisotopic (exact) mass is 585 g/mol. The molecule has 0 spiro atoms. The minimum Gasteiger partial charge on any atom is -0.530 e. The molecule has 4 heterocycles. The lowest BCUT2D eigenvalue weighted by Crippen LogP contribution is -2.63. The highest BCUT2D eigenvalue weighted by atomic mass is 19.4. The number of pyridine rings is 2. The molecule has 0 radical (unpaired) electrons. The van der Waals surface area contributed by atoms with Crippen LogP contribution in [-0.4, -0.2) is 50.1 Å². The van der Waals surface area contributed by atoms with Crippen LogP contribution in [0, 0.1) is 5.41 Å². The van der Waals surface area contributed by atoms with E-state index >= 15 is 0 Å². The Hall–Kier alpha value is -4.49. The number of hydrogen-bond acceptors (Lipinski definition) is 9. The molecule has 0 aliphatic carbocycles. The Morgan fingerprint density at radius 1 is 1.14 bits per heavy atom. The number of halogens is 3. The number of nitrogen functional groups attached to an aromatic ring is 1. The van der Waals surface area contributed by atoms with Gasteiger partial charge in [0, 0.05) is 30.5 Å². The van der Waals surface area contributed by atoms with E-state index in [1.807, 2.05) is 27.7 Å². The SMILES string of the molecule is CCC1(NC(=O)[O-])CCN(c2cccnc2NC(=O)c2nc(-c3ncccc3C(F)(F)F)cnc2N)C(C(C)(C)C)C1. The van der Waals surface area contributed by atoms with Gasteiger partial charge in [-0.05, 0) is 48.9 Å². The molecular weight excluding hydrogens is 553 g/mol. The lowest BCUT2D eigenvalue weighted by molar-refractivity contribution is -0.253. The number of carboxylic acid groups (broad SMARTS) is 1. The number of amides is 2. The Labute approximate surface area is 240 Å². The van der Waals surface area contributed by atoms with E-state index in [4.69, 9.17) is 5.73 Å². The number of carbonyl (C=O) groups is 2. The lowest BCUT2D eigenvalue weighted by Gasteiger charge is -2.52. The number of aromatic nitrogens is 4. The Morgan fingerprint density at radius 2 is 1.83 bits per heavy atom. The number of hydrogen-bond donors (Lipinski definition) is 3. The van der Waals surface area contributed by atoms with Crippen LogP contribution in [0.15, 0.2) is 42.9 Å². The number of nitrogens with zero attached hydrogens (tertiary/aromatic N) is 5. The standard InChI is InChI=1S/C28H33F3N8O3/c1-5-27(38-25(41)42)10-13-39(19(14-27)26(2,3)4)18-9-7-12-34-23(18)37-24(40)21-22(32)35-15-17(36-21)20-16(28(29,30)31)8-6-11-33-20/h6-9,11-12,15,19,38H,5,10,13-14H2,1-4H3,(H2,32,35)(H,41,42)(H,34,37,40)/p-1. The van der Waals surface area contributed by atoms with Crippen molar-refractivity contribution in [3.8, 4) is 11.4 Å². The highest BCUT2D eigenvalue weighted by Crippen LogP contribution is 2.42. The molecule has 0 saturated carbocycles. The number of anilines is 3. The molecule has 3 aromatic heterocycles. The summed E-state index contributed by atoms with van der Waals surface area (Å²) in [6.45, 7) is 8.49. The van der Waals surface area contributed by atoms with E-state index in [1.165, 1.54) is 12.4 Å². The molecule has 11 nitrogen and oxygen atoms in total. The predicted molar refractivity (Wildman–Crippen MR) is 148 cm³/mol. The molecule has 4 rings (SSSR count). The van der Waals surface area contributed by atoms with E-state index in [0.717, 1.165) is 18.3 Å². The van der Waals surface area contributed by atoms with Crippen molar-refractivity contribution in [1.82, 2.24) is 25.3 Å². The summed E-state index contributed by atoms with van der Waals surface area (Å²) >= 11 is 0. The van der Waals surface area contributed by atoms with Gasteiger partial charge in [-0.1, -0.05) is 27.7 Å². The second-order valence-electron chi connectivity index (χ2n) is 11.3. The summed E-state index contributed by atoms with van der Waals surface area (Å²) in [7, 11) is 0. The van der Waals surface area contributed by atoms with Gasteiger partial charge in [0.15, 0.2) is 17.3 Å². The summed E-state index contributed by atoms with van der Waals surface area (Å²) in [5.74, 6) is -0.934. The quantitative estimate of drug-likeness (QED) is 0.390. The summed E-state index contributed by atoms with van der Waals surface area (Å²) in [6.07, 6.45) is -0.811. The first kappa shape index (κ1) is 30.5. The topological polar surface area (TPSA) is 162 Å². The Morgan fingerprint density at radius 3 is 2.48 bits per heavy atom. The molecule has 2 amide bonds. The summed E-state index contributed by atoms with van der Waals surface area (Å²) in [6, 6.07) is 5.33. The molecule has 224 valence electrons. The smallest absolute Gasteiger partial charge is 0.418 e. The van der Waals surface area contributed by atoms with Crippen molar-refractivity contribution in [3.63, 3.8) is 0 Å². The van der Waals surface area contributed by atoms with E-state index in [-0.39, 0.29) is 28.8 Å². The first-order chi connectivity index (χ1) is 19.6. The number of rotatable bonds is 6. The average Bonchev–Trinajstić information content (AvgIpc) is 2.92. The molecule has 42 heavy (non-hydrogen) atoms. The van der Waals surface area contributed by atoms with Gasteiger partial charge in [-0.15, -0.1) is 0 Å². The zero-order chi connectivity index (χ0) is 30.9. The van der Waals surface area contributed by atoms with E-state index in [9.17, 15) is 27.9 Å². The summed E-state index contributed by atoms with van der Waals surface area (Å²) < 4.78 is 40.8. The van der Waals surface area contributed by atoms with Crippen molar-refractivity contribution in [3.05, 3.63) is 54.1 Å². The molecule has 14 heteroatoms. The normalized spacial score (nSPS) is 19.3. The first-order valence-electron chi connectivity index (χ1n) is 13.3. The highest BCUT2D eigenvalue weighted by Gasteiger charge is 2.44. The van der Waals surface area contributed by atoms with Crippen LogP contribution in [0.25, 0.3) is 11.4 Å². The van der Waals surface area contributed by atoms with Crippen molar-refractivity contribution >= 4 is 29.3 Å². The highest BCUT2D eigenvalue weighted by molar-refractivity contribution is 6.06. The van der Waals surface area contributed by atoms with Crippen LogP contribution in [0.5, 0.6) is 0 Å². The van der Waals surface area contributed by atoms with Crippen molar-refractivity contribution in [2.45, 2.75) is 64.7 Å². The molecule has 4 N–H and O–H groups in total. The molecule has 1 aliphatic rings. The Bertz CT molecular complexity index is 1480. The van der Waals surface area contributed by atoms with Gasteiger partial charge >= 0.3 is 6.18 Å². The third kappa shape index (κ3) is 6.37. The first-order valence-corrected chi connectivity index (χ1v) is 13.3. The van der Waals surface area contributed by atoms with Crippen molar-refractivity contribution < 1.29 is 27.9 Å². The van der Waals surface area contributed by atoms with E-state index in [2.05, 4.69) is 35.5 Å². The predicted octanol–water partition coefficient (Wildman–Crippen LogP) is 3.88. The second kappa shape index (κ2) is 11.4. The number of carbonyl (C=O) groups excluding carboxylic acids is 2. The van der Waals surface area contributed by atoms with Crippen molar-refractivity contribution in [2.75, 3.05) is 22.5 Å². The number of piperidine rings is 1. The largest absolute Gasteiger partial charge is 0.530 e. The average molecular weight is 586 g/mol. The van der Waals surface area contributed by atoms with Gasteiger partial charge in [-0.3, -0.25) is 9.78 Å². The number of nitrogens with two attached hydrogens (primary N) is 1. The van der Waals surface area contributed by atoms with E-state index in [0.29, 0.717) is 31.5 Å². The molecule has 2 unspecified atom stereocenters. The van der Waals surface area contributed by atoms with Crippen LogP contribution in [0.1, 0.15) is 63.0 Å². The molecule has 3 aromatic rings. The van der Waals surface area contributed by atoms with Gasteiger partial charge in [0.25, 0.3) is 5.91 Å². The Kier molecular flexibility index (Phi) is 8.28. The lowest BCUT2D eigenvalue weighted by atomic mass is 9.72. The zero-order valence-corrected chi connectivity index (χ0v) is 23.6. The third-order valence-electron chi connectivity index (χ3n) is 7.53. The number of alkyl halides is 3. The minimum absolute atomic E-state index is 0.170. The van der Waals surface area contributed by atoms with E-state index < -0.39 is 40.7 Å². The summed E-state index contributed by atoms with van der Waals surface area (Å²) in [5.41, 5.74) is 3.33. The van der Waals surface area contributed by atoms with Gasteiger partial charge < -0.3 is 31.2 Å². The van der Waals surface area contributed by atoms with Crippen LogP contribution < -0.4 is 26.4 Å². The molecule has 0 bridgehead atoms. The fourth-order valence-corrected chi connectivity index (χ4v) is 5.28. The van der Waals surface area contributed by atoms with Crippen LogP contribution in [-0.2, 0) is 6.18 Å².